The Morgan fingerprint density at radius 2 is 1.37 bits per heavy atom. The second kappa shape index (κ2) is 17.1. The van der Waals surface area contributed by atoms with E-state index in [1.54, 1.807) is 61.0 Å². The number of fused-ring (bicyclic) bond motifs is 2. The molecule has 0 atom stereocenters. The number of alkyl halides is 2. The molecule has 59 heavy (non-hydrogen) atoms. The third-order valence-corrected chi connectivity index (χ3v) is 9.03. The van der Waals surface area contributed by atoms with Crippen molar-refractivity contribution < 1.29 is 22.4 Å². The van der Waals surface area contributed by atoms with Crippen molar-refractivity contribution in [2.75, 3.05) is 7.05 Å². The van der Waals surface area contributed by atoms with Gasteiger partial charge in [-0.2, -0.15) is 5.26 Å². The van der Waals surface area contributed by atoms with Crippen LogP contribution in [0.15, 0.2) is 88.5 Å². The number of hydrogen-bond donors (Lipinski definition) is 0. The fourth-order valence-corrected chi connectivity index (χ4v) is 6.39. The van der Waals surface area contributed by atoms with E-state index in [9.17, 15) is 18.8 Å². The highest BCUT2D eigenvalue weighted by Gasteiger charge is 2.27. The molecule has 1 amide bonds. The lowest BCUT2D eigenvalue weighted by atomic mass is 9.92. The summed E-state index contributed by atoms with van der Waals surface area (Å²) < 4.78 is 40.3. The SMILES string of the molecule is CC.CC(C)(C)Cc1ncc(-c2ccc(C(F)F)nc2-c2ccn3ccnc3c2)o1.CN1Cc2ncc(-c3nc(C#N)ccc3-c3cnc(CC(C)(C)C)o3)cc2C1=O. The summed E-state index contributed by atoms with van der Waals surface area (Å²) >= 11 is 0. The summed E-state index contributed by atoms with van der Waals surface area (Å²) in [7, 11) is 1.74. The zero-order chi connectivity index (χ0) is 42.6. The van der Waals surface area contributed by atoms with Crippen LogP contribution in [0.25, 0.3) is 50.8 Å². The smallest absolute Gasteiger partial charge is 0.280 e. The Balaban J connectivity index is 0.000000191. The number of halogens is 2. The predicted octanol–water partition coefficient (Wildman–Crippen LogP) is 10.4. The van der Waals surface area contributed by atoms with Crippen molar-refractivity contribution in [3.8, 4) is 51.2 Å². The van der Waals surface area contributed by atoms with Crippen LogP contribution < -0.4 is 0 Å². The first-order chi connectivity index (χ1) is 28.0. The minimum Gasteiger partial charge on any atom is -0.441 e. The van der Waals surface area contributed by atoms with Gasteiger partial charge in [0.1, 0.15) is 23.1 Å². The van der Waals surface area contributed by atoms with Crippen LogP contribution in [0.1, 0.15) is 101 Å². The van der Waals surface area contributed by atoms with Gasteiger partial charge in [0.05, 0.1) is 41.6 Å². The van der Waals surface area contributed by atoms with Crippen LogP contribution in [0.2, 0.25) is 0 Å². The van der Waals surface area contributed by atoms with E-state index in [0.717, 1.165) is 5.69 Å². The summed E-state index contributed by atoms with van der Waals surface area (Å²) in [5, 5.41) is 9.31. The second-order valence-electron chi connectivity index (χ2n) is 16.3. The minimum atomic E-state index is -2.66. The van der Waals surface area contributed by atoms with Crippen molar-refractivity contribution in [1.82, 2.24) is 39.2 Å². The van der Waals surface area contributed by atoms with Gasteiger partial charge in [-0.1, -0.05) is 55.4 Å². The van der Waals surface area contributed by atoms with Crippen molar-refractivity contribution in [3.05, 3.63) is 114 Å². The van der Waals surface area contributed by atoms with Gasteiger partial charge in [-0.25, -0.2) is 33.7 Å². The maximum Gasteiger partial charge on any atom is 0.280 e. The predicted molar refractivity (Wildman–Crippen MR) is 220 cm³/mol. The quantitative estimate of drug-likeness (QED) is 0.152. The zero-order valence-corrected chi connectivity index (χ0v) is 34.7. The van der Waals surface area contributed by atoms with Crippen LogP contribution in [-0.4, -0.2) is 52.2 Å². The van der Waals surface area contributed by atoms with E-state index in [-0.39, 0.29) is 28.1 Å². The van der Waals surface area contributed by atoms with E-state index in [4.69, 9.17) is 8.83 Å². The molecule has 1 aliphatic heterocycles. The van der Waals surface area contributed by atoms with Gasteiger partial charge in [0, 0.05) is 66.9 Å². The first-order valence-corrected chi connectivity index (χ1v) is 19.3. The largest absolute Gasteiger partial charge is 0.441 e. The van der Waals surface area contributed by atoms with Gasteiger partial charge in [0.15, 0.2) is 23.3 Å². The van der Waals surface area contributed by atoms with Crippen LogP contribution in [0, 0.1) is 22.2 Å². The van der Waals surface area contributed by atoms with E-state index >= 15 is 0 Å². The van der Waals surface area contributed by atoms with Crippen molar-refractivity contribution in [2.24, 2.45) is 10.8 Å². The standard InChI is InChI=1S/C22H21N5O2.C21H20F2N4O.C2H6/c1-22(2,3)8-19-25-11-18(29-19)15-6-5-14(9-23)26-20(15)13-7-16-17(24-10-13)12-27(4)21(16)28;1-21(2,3)11-18-25-12-16(28-18)14-4-5-15(20(22)23)26-19(14)13-6-8-27-9-7-24-17(27)10-13;1-2/h5-7,10-11H,8,12H2,1-4H3;4-10,12,20H,11H2,1-3H3;1-2H3. The average Bonchev–Trinajstić information content (AvgIpc) is 4.02. The molecule has 0 saturated heterocycles. The third-order valence-electron chi connectivity index (χ3n) is 9.03. The molecule has 1 aliphatic rings. The Morgan fingerprint density at radius 3 is 1.97 bits per heavy atom. The Hall–Kier alpha value is -6.62. The molecule has 304 valence electrons. The van der Waals surface area contributed by atoms with Crippen LogP contribution in [0.4, 0.5) is 8.78 Å². The minimum absolute atomic E-state index is 0.0223. The first-order valence-electron chi connectivity index (χ1n) is 19.3. The van der Waals surface area contributed by atoms with Gasteiger partial charge >= 0.3 is 0 Å². The Bertz CT molecular complexity index is 2640. The zero-order valence-electron chi connectivity index (χ0n) is 34.7. The summed E-state index contributed by atoms with van der Waals surface area (Å²) in [6.07, 6.45) is 9.02. The third kappa shape index (κ3) is 9.75. The molecule has 0 fully saturated rings. The van der Waals surface area contributed by atoms with E-state index in [0.29, 0.717) is 87.5 Å². The molecular formula is C45H47F2N9O3. The number of amides is 1. The Labute approximate surface area is 342 Å². The lowest BCUT2D eigenvalue weighted by Gasteiger charge is -2.14. The van der Waals surface area contributed by atoms with Gasteiger partial charge in [-0.05, 0) is 53.3 Å². The van der Waals surface area contributed by atoms with Gasteiger partial charge in [0.2, 0.25) is 0 Å². The summed E-state index contributed by atoms with van der Waals surface area (Å²) in [6.45, 7) is 17.1. The van der Waals surface area contributed by atoms with E-state index in [1.165, 1.54) is 6.07 Å². The highest BCUT2D eigenvalue weighted by atomic mass is 19.3. The summed E-state index contributed by atoms with van der Waals surface area (Å²) in [6, 6.07) is 13.9. The fraction of sp³-hybridized carbons (Fsp3) is 0.333. The Morgan fingerprint density at radius 1 is 0.763 bits per heavy atom. The van der Waals surface area contributed by atoms with Crippen LogP contribution in [-0.2, 0) is 19.4 Å². The molecule has 14 heteroatoms. The number of carbonyl (C=O) groups is 1. The number of oxazole rings is 2. The van der Waals surface area contributed by atoms with Gasteiger partial charge in [0.25, 0.3) is 12.3 Å². The van der Waals surface area contributed by atoms with E-state index < -0.39 is 6.43 Å². The second-order valence-corrected chi connectivity index (χ2v) is 16.3. The molecule has 0 bridgehead atoms. The maximum absolute atomic E-state index is 13.3. The van der Waals surface area contributed by atoms with Crippen LogP contribution in [0.5, 0.6) is 0 Å². The topological polar surface area (TPSA) is 152 Å². The number of nitriles is 1. The summed E-state index contributed by atoms with van der Waals surface area (Å²) in [5.41, 5.74) is 5.71. The summed E-state index contributed by atoms with van der Waals surface area (Å²) in [5.74, 6) is 2.26. The molecular weight excluding hydrogens is 753 g/mol. The van der Waals surface area contributed by atoms with Gasteiger partial charge in [-0.15, -0.1) is 0 Å². The molecule has 0 spiro atoms. The molecule has 7 aromatic heterocycles. The van der Waals surface area contributed by atoms with Crippen molar-refractivity contribution >= 4 is 11.6 Å². The molecule has 7 aromatic rings. The van der Waals surface area contributed by atoms with E-state index in [1.807, 2.05) is 42.8 Å². The van der Waals surface area contributed by atoms with Crippen LogP contribution in [0.3, 0.4) is 0 Å². The number of pyridine rings is 4. The van der Waals surface area contributed by atoms with Gasteiger partial charge in [-0.3, -0.25) is 9.78 Å². The monoisotopic (exact) mass is 799 g/mol. The number of carbonyl (C=O) groups excluding carboxylic acids is 1. The first kappa shape index (κ1) is 42.0. The van der Waals surface area contributed by atoms with Crippen molar-refractivity contribution in [1.29, 1.82) is 5.26 Å². The molecule has 12 nitrogen and oxygen atoms in total. The lowest BCUT2D eigenvalue weighted by Crippen LogP contribution is -2.17. The number of aromatic nitrogens is 7. The highest BCUT2D eigenvalue weighted by molar-refractivity contribution is 5.99. The van der Waals surface area contributed by atoms with Gasteiger partial charge < -0.3 is 18.1 Å². The molecule has 0 aliphatic carbocycles. The molecule has 8 rings (SSSR count). The average molecular weight is 800 g/mol. The number of nitrogens with zero attached hydrogens (tertiary/aromatic N) is 9. The highest BCUT2D eigenvalue weighted by Crippen LogP contribution is 2.36. The molecule has 8 heterocycles. The fourth-order valence-electron chi connectivity index (χ4n) is 6.39. The number of hydrogen-bond acceptors (Lipinski definition) is 10. The molecule has 0 N–H and O–H groups in total. The molecule has 0 saturated carbocycles. The number of rotatable bonds is 7. The van der Waals surface area contributed by atoms with E-state index in [2.05, 4.69) is 77.5 Å². The molecule has 0 unspecified atom stereocenters. The molecule has 0 radical (unpaired) electrons. The number of imidazole rings is 1. The van der Waals surface area contributed by atoms with Crippen molar-refractivity contribution in [3.63, 3.8) is 0 Å². The van der Waals surface area contributed by atoms with Crippen LogP contribution >= 0.6 is 0 Å². The summed E-state index contributed by atoms with van der Waals surface area (Å²) in [4.78, 5) is 40.2. The molecule has 0 aromatic carbocycles. The van der Waals surface area contributed by atoms with Crippen molar-refractivity contribution in [2.45, 2.75) is 81.2 Å². The maximum atomic E-state index is 13.3. The lowest BCUT2D eigenvalue weighted by molar-refractivity contribution is 0.0816. The normalized spacial score (nSPS) is 12.5. The Kier molecular flexibility index (Phi) is 12.2.